The molecule has 3 aromatic rings. The minimum atomic E-state index is -0.0792. The first kappa shape index (κ1) is 15.2. The molecule has 0 spiro atoms. The number of imidazole rings is 1. The monoisotopic (exact) mass is 309 g/mol. The third kappa shape index (κ3) is 3.23. The summed E-state index contributed by atoms with van der Waals surface area (Å²) in [5.41, 5.74) is 3.29. The molecule has 0 bridgehead atoms. The fourth-order valence-electron chi connectivity index (χ4n) is 2.43. The summed E-state index contributed by atoms with van der Waals surface area (Å²) >= 11 is 0. The van der Waals surface area contributed by atoms with Gasteiger partial charge in [0.05, 0.1) is 29.8 Å². The zero-order chi connectivity index (χ0) is 16.2. The van der Waals surface area contributed by atoms with Gasteiger partial charge >= 0.3 is 0 Å². The fraction of sp³-hybridized carbons (Fsp3) is 0.278. The maximum absolute atomic E-state index is 12.5. The number of fused-ring (bicyclic) bond motifs is 1. The number of ketones is 1. The zero-order valence-corrected chi connectivity index (χ0v) is 13.3. The Morgan fingerprint density at radius 3 is 2.87 bits per heavy atom. The standard InChI is InChI=1S/C18H19N3O2/c1-3-10-23-17-8-9-19-15(12(17)2)11-16(22)18-20-13-6-4-5-7-14(13)21-18/h4-9H,3,10-11H2,1-2H3,(H,20,21). The van der Waals surface area contributed by atoms with Crippen LogP contribution in [0.3, 0.4) is 0 Å². The molecule has 0 radical (unpaired) electrons. The van der Waals surface area contributed by atoms with Crippen molar-refractivity contribution in [3.05, 3.63) is 53.6 Å². The van der Waals surface area contributed by atoms with Gasteiger partial charge in [0.2, 0.25) is 5.78 Å². The number of carbonyl (C=O) groups excluding carboxylic acids is 1. The number of para-hydroxylation sites is 2. The number of nitrogens with one attached hydrogen (secondary N) is 1. The molecule has 0 aliphatic heterocycles. The maximum atomic E-state index is 12.5. The number of hydrogen-bond donors (Lipinski definition) is 1. The molecule has 0 unspecified atom stereocenters. The van der Waals surface area contributed by atoms with Gasteiger partial charge in [0, 0.05) is 11.8 Å². The van der Waals surface area contributed by atoms with Gasteiger partial charge in [-0.15, -0.1) is 0 Å². The Bertz CT molecular complexity index is 806. The van der Waals surface area contributed by atoms with Crippen LogP contribution in [0.4, 0.5) is 0 Å². The number of hydrogen-bond acceptors (Lipinski definition) is 4. The van der Waals surface area contributed by atoms with Crippen LogP contribution in [0, 0.1) is 6.92 Å². The van der Waals surface area contributed by atoms with E-state index in [1.165, 1.54) is 0 Å². The van der Waals surface area contributed by atoms with E-state index in [0.717, 1.165) is 34.5 Å². The Kier molecular flexibility index (Phi) is 4.37. The van der Waals surface area contributed by atoms with Crippen molar-refractivity contribution in [2.75, 3.05) is 6.61 Å². The number of H-pyrrole nitrogens is 1. The van der Waals surface area contributed by atoms with Crippen LogP contribution in [-0.4, -0.2) is 27.3 Å². The van der Waals surface area contributed by atoms with Gasteiger partial charge in [-0.05, 0) is 31.5 Å². The van der Waals surface area contributed by atoms with Crippen molar-refractivity contribution in [2.24, 2.45) is 0 Å². The van der Waals surface area contributed by atoms with Crippen LogP contribution in [0.2, 0.25) is 0 Å². The van der Waals surface area contributed by atoms with Gasteiger partial charge in [-0.3, -0.25) is 9.78 Å². The largest absolute Gasteiger partial charge is 0.493 e. The second-order valence-corrected chi connectivity index (χ2v) is 5.43. The summed E-state index contributed by atoms with van der Waals surface area (Å²) in [6, 6.07) is 9.43. The van der Waals surface area contributed by atoms with E-state index in [4.69, 9.17) is 4.74 Å². The fourth-order valence-corrected chi connectivity index (χ4v) is 2.43. The Labute approximate surface area is 134 Å². The Morgan fingerprint density at radius 1 is 1.26 bits per heavy atom. The first-order valence-corrected chi connectivity index (χ1v) is 7.74. The summed E-state index contributed by atoms with van der Waals surface area (Å²) in [6.45, 7) is 4.64. The lowest BCUT2D eigenvalue weighted by Crippen LogP contribution is -2.09. The van der Waals surface area contributed by atoms with E-state index < -0.39 is 0 Å². The quantitative estimate of drug-likeness (QED) is 0.708. The Morgan fingerprint density at radius 2 is 2.09 bits per heavy atom. The number of Topliss-reactive ketones (excluding diaryl/α,β-unsaturated/α-hetero) is 1. The van der Waals surface area contributed by atoms with Gasteiger partial charge in [-0.1, -0.05) is 19.1 Å². The first-order chi connectivity index (χ1) is 11.2. The van der Waals surface area contributed by atoms with Gasteiger partial charge in [0.25, 0.3) is 0 Å². The van der Waals surface area contributed by atoms with Crippen molar-refractivity contribution >= 4 is 16.8 Å². The number of rotatable bonds is 6. The van der Waals surface area contributed by atoms with Gasteiger partial charge < -0.3 is 9.72 Å². The summed E-state index contributed by atoms with van der Waals surface area (Å²) < 4.78 is 5.69. The molecule has 2 heterocycles. The zero-order valence-electron chi connectivity index (χ0n) is 13.3. The van der Waals surface area contributed by atoms with Crippen LogP contribution in [0.1, 0.15) is 35.2 Å². The molecule has 0 saturated carbocycles. The average Bonchev–Trinajstić information content (AvgIpc) is 3.00. The SMILES string of the molecule is CCCOc1ccnc(CC(=O)c2nc3ccccc3[nH]2)c1C. The minimum absolute atomic E-state index is 0.0792. The number of aromatic amines is 1. The number of nitrogens with zero attached hydrogens (tertiary/aromatic N) is 2. The van der Waals surface area contributed by atoms with Crippen molar-refractivity contribution in [2.45, 2.75) is 26.7 Å². The molecule has 118 valence electrons. The highest BCUT2D eigenvalue weighted by atomic mass is 16.5. The van der Waals surface area contributed by atoms with Crippen molar-refractivity contribution in [1.82, 2.24) is 15.0 Å². The lowest BCUT2D eigenvalue weighted by Gasteiger charge is -2.10. The summed E-state index contributed by atoms with van der Waals surface area (Å²) in [7, 11) is 0. The predicted molar refractivity (Wildman–Crippen MR) is 88.9 cm³/mol. The maximum Gasteiger partial charge on any atom is 0.204 e. The molecular formula is C18H19N3O2. The number of pyridine rings is 1. The van der Waals surface area contributed by atoms with Gasteiger partial charge in [0.15, 0.2) is 5.82 Å². The Hall–Kier alpha value is -2.69. The normalized spacial score (nSPS) is 10.9. The third-order valence-electron chi connectivity index (χ3n) is 3.70. The summed E-state index contributed by atoms with van der Waals surface area (Å²) in [6.07, 6.45) is 2.82. The summed E-state index contributed by atoms with van der Waals surface area (Å²) in [4.78, 5) is 24.2. The summed E-state index contributed by atoms with van der Waals surface area (Å²) in [5, 5.41) is 0. The van der Waals surface area contributed by atoms with E-state index in [9.17, 15) is 4.79 Å². The molecule has 1 aromatic carbocycles. The van der Waals surface area contributed by atoms with Crippen molar-refractivity contribution in [3.8, 4) is 5.75 Å². The third-order valence-corrected chi connectivity index (χ3v) is 3.70. The van der Waals surface area contributed by atoms with E-state index in [1.807, 2.05) is 37.3 Å². The van der Waals surface area contributed by atoms with E-state index in [-0.39, 0.29) is 12.2 Å². The molecule has 5 nitrogen and oxygen atoms in total. The number of aromatic nitrogens is 3. The average molecular weight is 309 g/mol. The molecule has 3 rings (SSSR count). The molecule has 0 atom stereocenters. The van der Waals surface area contributed by atoms with E-state index >= 15 is 0 Å². The lowest BCUT2D eigenvalue weighted by molar-refractivity contribution is 0.0983. The van der Waals surface area contributed by atoms with Crippen molar-refractivity contribution in [1.29, 1.82) is 0 Å². The molecule has 0 fully saturated rings. The van der Waals surface area contributed by atoms with Crippen LogP contribution in [0.15, 0.2) is 36.5 Å². The summed E-state index contributed by atoms with van der Waals surface area (Å²) in [5.74, 6) is 1.07. The second kappa shape index (κ2) is 6.60. The van der Waals surface area contributed by atoms with Gasteiger partial charge in [-0.25, -0.2) is 4.98 Å². The topological polar surface area (TPSA) is 67.9 Å². The molecule has 23 heavy (non-hydrogen) atoms. The molecule has 2 aromatic heterocycles. The Balaban J connectivity index is 1.82. The molecule has 0 amide bonds. The van der Waals surface area contributed by atoms with Crippen LogP contribution in [0.5, 0.6) is 5.75 Å². The van der Waals surface area contributed by atoms with Gasteiger partial charge in [-0.2, -0.15) is 0 Å². The van der Waals surface area contributed by atoms with Crippen LogP contribution >= 0.6 is 0 Å². The molecule has 0 saturated heterocycles. The van der Waals surface area contributed by atoms with Crippen LogP contribution < -0.4 is 4.74 Å². The highest BCUT2D eigenvalue weighted by Crippen LogP contribution is 2.21. The van der Waals surface area contributed by atoms with Crippen molar-refractivity contribution in [3.63, 3.8) is 0 Å². The number of carbonyl (C=O) groups is 1. The minimum Gasteiger partial charge on any atom is -0.493 e. The van der Waals surface area contributed by atoms with E-state index in [2.05, 4.69) is 21.9 Å². The number of benzene rings is 1. The molecule has 0 aliphatic carbocycles. The highest BCUT2D eigenvalue weighted by Gasteiger charge is 2.15. The van der Waals surface area contributed by atoms with Crippen molar-refractivity contribution < 1.29 is 9.53 Å². The molecule has 1 N–H and O–H groups in total. The highest BCUT2D eigenvalue weighted by molar-refractivity contribution is 5.97. The smallest absolute Gasteiger partial charge is 0.204 e. The van der Waals surface area contributed by atoms with E-state index in [0.29, 0.717) is 12.4 Å². The van der Waals surface area contributed by atoms with Crippen LogP contribution in [-0.2, 0) is 6.42 Å². The molecular weight excluding hydrogens is 290 g/mol. The van der Waals surface area contributed by atoms with E-state index in [1.54, 1.807) is 6.20 Å². The van der Waals surface area contributed by atoms with Gasteiger partial charge in [0.1, 0.15) is 5.75 Å². The molecule has 0 aliphatic rings. The lowest BCUT2D eigenvalue weighted by atomic mass is 10.1. The first-order valence-electron chi connectivity index (χ1n) is 7.74. The van der Waals surface area contributed by atoms with Crippen LogP contribution in [0.25, 0.3) is 11.0 Å². The molecule has 5 heteroatoms. The number of ether oxygens (including phenoxy) is 1. The second-order valence-electron chi connectivity index (χ2n) is 5.43. The predicted octanol–water partition coefficient (Wildman–Crippen LogP) is 3.48.